The Morgan fingerprint density at radius 3 is 2.29 bits per heavy atom. The van der Waals surface area contributed by atoms with E-state index in [1.807, 2.05) is 0 Å². The van der Waals surface area contributed by atoms with Crippen LogP contribution in [-0.4, -0.2) is 66.9 Å². The average Bonchev–Trinajstić information content (AvgIpc) is 3.20. The summed E-state index contributed by atoms with van der Waals surface area (Å²) in [5, 5.41) is 3.38. The molecule has 0 bridgehead atoms. The quantitative estimate of drug-likeness (QED) is 0.381. The van der Waals surface area contributed by atoms with Crippen molar-refractivity contribution in [2.24, 2.45) is 0 Å². The van der Waals surface area contributed by atoms with E-state index in [1.165, 1.54) is 6.20 Å². The van der Waals surface area contributed by atoms with Crippen LogP contribution in [-0.2, 0) is 15.7 Å². The molecule has 1 unspecified atom stereocenters. The number of aryl methyl sites for hydroxylation is 1. The topological polar surface area (TPSA) is 111 Å². The fourth-order valence-corrected chi connectivity index (χ4v) is 4.47. The number of hydrogen-bond acceptors (Lipinski definition) is 8. The minimum atomic E-state index is -4.77. The lowest BCUT2D eigenvalue weighted by atomic mass is 10.1. The summed E-state index contributed by atoms with van der Waals surface area (Å²) in [5.74, 6) is -0.0396. The molecule has 1 amide bonds. The summed E-state index contributed by atoms with van der Waals surface area (Å²) in [6.07, 6.45) is -2.72. The minimum Gasteiger partial charge on any atom is -0.444 e. The number of anilines is 1. The number of carbonyl (C=O) groups is 2. The highest BCUT2D eigenvalue weighted by molar-refractivity contribution is 5.98. The number of rotatable bonds is 3. The number of carbonyl (C=O) groups excluding carboxylic acids is 2. The Morgan fingerprint density at radius 2 is 1.66 bits per heavy atom. The van der Waals surface area contributed by atoms with Gasteiger partial charge in [0.25, 0.3) is 0 Å². The molecule has 0 radical (unpaired) electrons. The van der Waals surface area contributed by atoms with E-state index in [9.17, 15) is 22.8 Å². The zero-order chi connectivity index (χ0) is 30.3. The Hall–Kier alpha value is -3.90. The predicted octanol–water partition coefficient (Wildman–Crippen LogP) is 6.42. The molecular formula is C28H35F3N6O4. The van der Waals surface area contributed by atoms with Crippen molar-refractivity contribution in [1.29, 1.82) is 0 Å². The zero-order valence-electron chi connectivity index (χ0n) is 24.2. The first-order valence-electron chi connectivity index (χ1n) is 13.3. The van der Waals surface area contributed by atoms with Gasteiger partial charge in [-0.05, 0) is 73.4 Å². The second-order valence-electron chi connectivity index (χ2n) is 12.1. The van der Waals surface area contributed by atoms with E-state index in [4.69, 9.17) is 9.47 Å². The second-order valence-corrected chi connectivity index (χ2v) is 12.1. The van der Waals surface area contributed by atoms with Crippen molar-refractivity contribution in [2.75, 3.05) is 18.4 Å². The van der Waals surface area contributed by atoms with Gasteiger partial charge in [0.15, 0.2) is 0 Å². The first-order valence-corrected chi connectivity index (χ1v) is 13.3. The summed E-state index contributed by atoms with van der Waals surface area (Å²) >= 11 is 0. The maximum Gasteiger partial charge on any atom is 0.420 e. The summed E-state index contributed by atoms with van der Waals surface area (Å²) in [4.78, 5) is 39.8. The van der Waals surface area contributed by atoms with Gasteiger partial charge in [-0.15, -0.1) is 0 Å². The molecule has 4 heterocycles. The van der Waals surface area contributed by atoms with Gasteiger partial charge in [-0.25, -0.2) is 29.1 Å². The van der Waals surface area contributed by atoms with Crippen molar-refractivity contribution >= 4 is 29.2 Å². The number of hydrogen-bond donors (Lipinski definition) is 1. The Morgan fingerprint density at radius 1 is 1.00 bits per heavy atom. The average molecular weight is 577 g/mol. The lowest BCUT2D eigenvalue weighted by molar-refractivity contribution is -0.137. The molecule has 222 valence electrons. The molecule has 1 aliphatic rings. The molecule has 3 aromatic rings. The van der Waals surface area contributed by atoms with E-state index in [0.29, 0.717) is 30.5 Å². The number of nitrogens with one attached hydrogen (secondary N) is 1. The minimum absolute atomic E-state index is 0.0396. The molecule has 3 aromatic heterocycles. The first-order chi connectivity index (χ1) is 18.9. The second kappa shape index (κ2) is 10.8. The summed E-state index contributed by atoms with van der Waals surface area (Å²) in [5.41, 5.74) is -2.20. The Kier molecular flexibility index (Phi) is 7.94. The summed E-state index contributed by atoms with van der Waals surface area (Å²) in [6.45, 7) is 12.9. The number of ether oxygens (including phenoxy) is 2. The van der Waals surface area contributed by atoms with Crippen LogP contribution in [0.5, 0.6) is 0 Å². The number of nitrogens with zero attached hydrogens (tertiary/aromatic N) is 5. The maximum atomic E-state index is 14.2. The largest absolute Gasteiger partial charge is 0.444 e. The molecule has 41 heavy (non-hydrogen) atoms. The fourth-order valence-electron chi connectivity index (χ4n) is 4.47. The monoisotopic (exact) mass is 576 g/mol. The summed E-state index contributed by atoms with van der Waals surface area (Å²) in [7, 11) is 0. The van der Waals surface area contributed by atoms with E-state index in [1.54, 1.807) is 65.5 Å². The third-order valence-corrected chi connectivity index (χ3v) is 6.14. The van der Waals surface area contributed by atoms with Gasteiger partial charge in [0.1, 0.15) is 22.4 Å². The van der Waals surface area contributed by atoms with Crippen molar-refractivity contribution in [3.63, 3.8) is 0 Å². The van der Waals surface area contributed by atoms with E-state index < -0.39 is 40.8 Å². The lowest BCUT2D eigenvalue weighted by Crippen LogP contribution is -2.47. The molecule has 0 aliphatic carbocycles. The molecule has 1 N–H and O–H groups in total. The van der Waals surface area contributed by atoms with Gasteiger partial charge < -0.3 is 19.7 Å². The third-order valence-electron chi connectivity index (χ3n) is 6.14. The number of aromatic nitrogens is 4. The van der Waals surface area contributed by atoms with E-state index in [0.717, 1.165) is 10.8 Å². The SMILES string of the molecule is Cc1ccc2c(-c3nc(NC4CCCN(C(=O)OC(C)(C)C)C4)ncc3C(F)(F)F)cn(C(=O)OC(C)(C)C)c2n1. The molecule has 1 saturated heterocycles. The Bertz CT molecular complexity index is 1460. The van der Waals surface area contributed by atoms with Crippen LogP contribution in [0.2, 0.25) is 0 Å². The van der Waals surface area contributed by atoms with Crippen LogP contribution in [0, 0.1) is 6.92 Å². The number of alkyl halides is 3. The van der Waals surface area contributed by atoms with Gasteiger partial charge in [-0.1, -0.05) is 0 Å². The molecule has 1 atom stereocenters. The first kappa shape index (κ1) is 30.1. The van der Waals surface area contributed by atoms with Crippen LogP contribution in [0.25, 0.3) is 22.3 Å². The number of pyridine rings is 1. The van der Waals surface area contributed by atoms with Crippen LogP contribution in [0.15, 0.2) is 24.5 Å². The molecule has 0 spiro atoms. The van der Waals surface area contributed by atoms with Crippen molar-refractivity contribution in [3.05, 3.63) is 35.8 Å². The third kappa shape index (κ3) is 7.25. The van der Waals surface area contributed by atoms with Gasteiger partial charge in [0.05, 0.1) is 5.69 Å². The highest BCUT2D eigenvalue weighted by Crippen LogP contribution is 2.39. The fraction of sp³-hybridized carbons (Fsp3) is 0.536. The number of amides is 1. The number of fused-ring (bicyclic) bond motifs is 1. The number of likely N-dealkylation sites (tertiary alicyclic amines) is 1. The van der Waals surface area contributed by atoms with Crippen molar-refractivity contribution < 1.29 is 32.2 Å². The van der Waals surface area contributed by atoms with Gasteiger partial charge in [0.2, 0.25) is 5.95 Å². The predicted molar refractivity (Wildman–Crippen MR) is 147 cm³/mol. The van der Waals surface area contributed by atoms with Crippen molar-refractivity contribution in [1.82, 2.24) is 24.4 Å². The highest BCUT2D eigenvalue weighted by Gasteiger charge is 2.37. The lowest BCUT2D eigenvalue weighted by Gasteiger charge is -2.34. The van der Waals surface area contributed by atoms with Crippen molar-refractivity contribution in [2.45, 2.75) is 84.7 Å². The Labute approximate surface area is 236 Å². The molecule has 13 heteroatoms. The molecule has 0 saturated carbocycles. The molecule has 1 fully saturated rings. The van der Waals surface area contributed by atoms with Crippen LogP contribution in [0.4, 0.5) is 28.7 Å². The summed E-state index contributed by atoms with van der Waals surface area (Å²) < 4.78 is 54.6. The number of halogens is 3. The highest BCUT2D eigenvalue weighted by atomic mass is 19.4. The molecule has 4 rings (SSSR count). The van der Waals surface area contributed by atoms with Gasteiger partial charge in [-0.2, -0.15) is 13.2 Å². The van der Waals surface area contributed by atoms with Gasteiger partial charge in [0, 0.05) is 48.2 Å². The maximum absolute atomic E-state index is 14.2. The van der Waals surface area contributed by atoms with Crippen LogP contribution in [0.1, 0.15) is 65.6 Å². The van der Waals surface area contributed by atoms with Crippen LogP contribution in [0.3, 0.4) is 0 Å². The smallest absolute Gasteiger partial charge is 0.420 e. The van der Waals surface area contributed by atoms with E-state index in [2.05, 4.69) is 20.3 Å². The van der Waals surface area contributed by atoms with E-state index >= 15 is 0 Å². The normalized spacial score (nSPS) is 16.5. The molecule has 0 aromatic carbocycles. The molecule has 10 nitrogen and oxygen atoms in total. The zero-order valence-corrected chi connectivity index (χ0v) is 24.2. The van der Waals surface area contributed by atoms with Crippen molar-refractivity contribution in [3.8, 4) is 11.3 Å². The van der Waals surface area contributed by atoms with Gasteiger partial charge in [-0.3, -0.25) is 0 Å². The Balaban J connectivity index is 1.73. The molecular weight excluding hydrogens is 541 g/mol. The summed E-state index contributed by atoms with van der Waals surface area (Å²) in [6, 6.07) is 2.93. The van der Waals surface area contributed by atoms with Crippen LogP contribution >= 0.6 is 0 Å². The van der Waals surface area contributed by atoms with Crippen LogP contribution < -0.4 is 5.32 Å². The standard InChI is InChI=1S/C28H35F3N6O4/c1-16-10-11-18-19(15-37(22(18)33-16)25(39)41-27(5,6)7)21-20(28(29,30)31)13-32-23(35-21)34-17-9-8-12-36(14-17)24(38)40-26(2,3)4/h10-11,13,15,17H,8-9,12,14H2,1-7H3,(H,32,34,35). The van der Waals surface area contributed by atoms with Gasteiger partial charge >= 0.3 is 18.4 Å². The number of piperidine rings is 1. The van der Waals surface area contributed by atoms with E-state index in [-0.39, 0.29) is 29.7 Å². The molecule has 1 aliphatic heterocycles.